The molecule has 0 radical (unpaired) electrons. The summed E-state index contributed by atoms with van der Waals surface area (Å²) in [5, 5.41) is 0. The van der Waals surface area contributed by atoms with Gasteiger partial charge in [-0.2, -0.15) is 0 Å². The van der Waals surface area contributed by atoms with Gasteiger partial charge in [-0.15, -0.1) is 0 Å². The lowest BCUT2D eigenvalue weighted by Crippen LogP contribution is -2.45. The second-order valence-corrected chi connectivity index (χ2v) is 5.66. The van der Waals surface area contributed by atoms with Crippen LogP contribution in [0.25, 0.3) is 0 Å². The minimum Gasteiger partial charge on any atom is -0.342 e. The fourth-order valence-corrected chi connectivity index (χ4v) is 2.37. The molecule has 0 aromatic rings. The molecule has 1 aliphatic heterocycles. The zero-order chi connectivity index (χ0) is 11.1. The quantitative estimate of drug-likeness (QED) is 0.745. The van der Waals surface area contributed by atoms with Gasteiger partial charge in [-0.25, -0.2) is 0 Å². The topological polar surface area (TPSA) is 46.3 Å². The van der Waals surface area contributed by atoms with Crippen molar-refractivity contribution >= 4 is 5.91 Å². The van der Waals surface area contributed by atoms with E-state index in [1.165, 1.54) is 0 Å². The molecule has 86 valence electrons. The number of hydrogen-bond acceptors (Lipinski definition) is 2. The zero-order valence-electron chi connectivity index (χ0n) is 9.83. The van der Waals surface area contributed by atoms with Gasteiger partial charge in [0.15, 0.2) is 0 Å². The van der Waals surface area contributed by atoms with E-state index in [2.05, 4.69) is 13.8 Å². The molecule has 1 aliphatic carbocycles. The number of nitrogens with two attached hydrogens (primary N) is 1. The molecule has 1 amide bonds. The van der Waals surface area contributed by atoms with Crippen molar-refractivity contribution in [1.82, 2.24) is 4.90 Å². The van der Waals surface area contributed by atoms with Crippen molar-refractivity contribution in [2.75, 3.05) is 19.6 Å². The van der Waals surface area contributed by atoms with Gasteiger partial charge in [0.1, 0.15) is 0 Å². The number of nitrogens with zero attached hydrogens (tertiary/aromatic N) is 1. The molecule has 0 spiro atoms. The largest absolute Gasteiger partial charge is 0.342 e. The summed E-state index contributed by atoms with van der Waals surface area (Å²) in [6.45, 7) is 6.96. The fraction of sp³-hybridized carbons (Fsp3) is 0.917. The molecule has 2 N–H and O–H groups in total. The van der Waals surface area contributed by atoms with Gasteiger partial charge in [-0.3, -0.25) is 4.79 Å². The van der Waals surface area contributed by atoms with Crippen molar-refractivity contribution in [3.63, 3.8) is 0 Å². The van der Waals surface area contributed by atoms with Crippen molar-refractivity contribution in [3.8, 4) is 0 Å². The second-order valence-electron chi connectivity index (χ2n) is 5.66. The Morgan fingerprint density at radius 3 is 2.40 bits per heavy atom. The normalized spacial score (nSPS) is 33.9. The molecule has 15 heavy (non-hydrogen) atoms. The fourth-order valence-electron chi connectivity index (χ4n) is 2.37. The van der Waals surface area contributed by atoms with Gasteiger partial charge in [-0.1, -0.05) is 13.8 Å². The van der Waals surface area contributed by atoms with Crippen LogP contribution in [0.3, 0.4) is 0 Å². The predicted octanol–water partition coefficient (Wildman–Crippen LogP) is 1.23. The van der Waals surface area contributed by atoms with Crippen molar-refractivity contribution in [1.29, 1.82) is 0 Å². The van der Waals surface area contributed by atoms with Crippen LogP contribution in [-0.4, -0.2) is 30.4 Å². The van der Waals surface area contributed by atoms with Crippen LogP contribution in [0.2, 0.25) is 0 Å². The standard InChI is InChI=1S/C12H22N2O/c1-9-7-10(9)11(15)14-5-3-12(2,8-13)4-6-14/h9-10H,3-8,13H2,1-2H3. The molecule has 2 unspecified atom stereocenters. The number of piperidine rings is 1. The molecule has 3 heteroatoms. The van der Waals surface area contributed by atoms with E-state index in [4.69, 9.17) is 5.73 Å². The maximum atomic E-state index is 12.0. The molecule has 2 atom stereocenters. The molecule has 2 fully saturated rings. The van der Waals surface area contributed by atoms with Crippen LogP contribution in [-0.2, 0) is 4.79 Å². The molecule has 0 bridgehead atoms. The average Bonchev–Trinajstić information content (AvgIpc) is 2.96. The lowest BCUT2D eigenvalue weighted by Gasteiger charge is -2.38. The lowest BCUT2D eigenvalue weighted by atomic mass is 9.80. The summed E-state index contributed by atoms with van der Waals surface area (Å²) >= 11 is 0. The molecule has 1 saturated heterocycles. The molecule has 2 rings (SSSR count). The first-order valence-electron chi connectivity index (χ1n) is 6.04. The van der Waals surface area contributed by atoms with Gasteiger partial charge in [0, 0.05) is 19.0 Å². The maximum Gasteiger partial charge on any atom is 0.225 e. The van der Waals surface area contributed by atoms with Crippen molar-refractivity contribution < 1.29 is 4.79 Å². The summed E-state index contributed by atoms with van der Waals surface area (Å²) in [4.78, 5) is 14.0. The second kappa shape index (κ2) is 3.78. The highest BCUT2D eigenvalue weighted by Crippen LogP contribution is 2.40. The van der Waals surface area contributed by atoms with Crippen LogP contribution < -0.4 is 5.73 Å². The summed E-state index contributed by atoms with van der Waals surface area (Å²) in [6.07, 6.45) is 3.23. The van der Waals surface area contributed by atoms with Crippen molar-refractivity contribution in [3.05, 3.63) is 0 Å². The number of likely N-dealkylation sites (tertiary alicyclic amines) is 1. The first kappa shape index (κ1) is 10.9. The summed E-state index contributed by atoms with van der Waals surface area (Å²) in [7, 11) is 0. The van der Waals surface area contributed by atoms with E-state index in [1.54, 1.807) is 0 Å². The summed E-state index contributed by atoms with van der Waals surface area (Å²) in [5.41, 5.74) is 6.02. The Labute approximate surface area is 92.0 Å². The number of hydrogen-bond donors (Lipinski definition) is 1. The lowest BCUT2D eigenvalue weighted by molar-refractivity contribution is -0.135. The molecule has 1 heterocycles. The number of amides is 1. The number of carbonyl (C=O) groups is 1. The molecular weight excluding hydrogens is 188 g/mol. The maximum absolute atomic E-state index is 12.0. The highest BCUT2D eigenvalue weighted by atomic mass is 16.2. The summed E-state index contributed by atoms with van der Waals surface area (Å²) in [6, 6.07) is 0. The van der Waals surface area contributed by atoms with Crippen molar-refractivity contribution in [2.45, 2.75) is 33.1 Å². The van der Waals surface area contributed by atoms with Gasteiger partial charge >= 0.3 is 0 Å². The van der Waals surface area contributed by atoms with E-state index in [-0.39, 0.29) is 5.41 Å². The minimum absolute atomic E-state index is 0.270. The van der Waals surface area contributed by atoms with Crippen LogP contribution >= 0.6 is 0 Å². The summed E-state index contributed by atoms with van der Waals surface area (Å²) < 4.78 is 0. The molecule has 3 nitrogen and oxygen atoms in total. The Morgan fingerprint density at radius 2 is 2.00 bits per heavy atom. The number of carbonyl (C=O) groups excluding carboxylic acids is 1. The Morgan fingerprint density at radius 1 is 1.47 bits per heavy atom. The Kier molecular flexibility index (Phi) is 2.75. The monoisotopic (exact) mass is 210 g/mol. The molecule has 2 aliphatic rings. The van der Waals surface area contributed by atoms with E-state index in [9.17, 15) is 4.79 Å². The van der Waals surface area contributed by atoms with Gasteiger partial charge in [0.2, 0.25) is 5.91 Å². The van der Waals surface area contributed by atoms with Crippen LogP contribution in [0.1, 0.15) is 33.1 Å². The molecule has 0 aromatic heterocycles. The van der Waals surface area contributed by atoms with Crippen LogP contribution in [0.5, 0.6) is 0 Å². The smallest absolute Gasteiger partial charge is 0.225 e. The minimum atomic E-state index is 0.270. The third kappa shape index (κ3) is 2.17. The zero-order valence-corrected chi connectivity index (χ0v) is 9.83. The molecule has 0 aromatic carbocycles. The average molecular weight is 210 g/mol. The summed E-state index contributed by atoms with van der Waals surface area (Å²) in [5.74, 6) is 1.36. The number of rotatable bonds is 2. The highest BCUT2D eigenvalue weighted by Gasteiger charge is 2.42. The predicted molar refractivity (Wildman–Crippen MR) is 60.2 cm³/mol. The Bertz CT molecular complexity index is 256. The van der Waals surface area contributed by atoms with Crippen LogP contribution in [0.4, 0.5) is 0 Å². The van der Waals surface area contributed by atoms with Gasteiger partial charge < -0.3 is 10.6 Å². The van der Waals surface area contributed by atoms with E-state index < -0.39 is 0 Å². The van der Waals surface area contributed by atoms with E-state index >= 15 is 0 Å². The molecule has 1 saturated carbocycles. The van der Waals surface area contributed by atoms with Gasteiger partial charge in [0.25, 0.3) is 0 Å². The van der Waals surface area contributed by atoms with Crippen molar-refractivity contribution in [2.24, 2.45) is 23.0 Å². The van der Waals surface area contributed by atoms with Gasteiger partial charge in [0.05, 0.1) is 0 Å². The van der Waals surface area contributed by atoms with E-state index in [1.807, 2.05) is 4.90 Å². The van der Waals surface area contributed by atoms with Crippen LogP contribution in [0, 0.1) is 17.3 Å². The van der Waals surface area contributed by atoms with Gasteiger partial charge in [-0.05, 0) is 37.1 Å². The Hall–Kier alpha value is -0.570. The van der Waals surface area contributed by atoms with Crippen LogP contribution in [0.15, 0.2) is 0 Å². The highest BCUT2D eigenvalue weighted by molar-refractivity contribution is 5.81. The SMILES string of the molecule is CC1CC1C(=O)N1CCC(C)(CN)CC1. The molecular formula is C12H22N2O. The Balaban J connectivity index is 1.85. The van der Waals surface area contributed by atoms with E-state index in [0.717, 1.165) is 38.9 Å². The van der Waals surface area contributed by atoms with E-state index in [0.29, 0.717) is 17.7 Å². The third-order valence-electron chi connectivity index (χ3n) is 4.20. The first-order chi connectivity index (χ1) is 7.06. The third-order valence-corrected chi connectivity index (χ3v) is 4.20. The first-order valence-corrected chi connectivity index (χ1v) is 6.04.